The first-order valence-electron chi connectivity index (χ1n) is 5.07. The van der Waals surface area contributed by atoms with E-state index >= 15 is 0 Å². The number of carbonyl (C=O) groups excluding carboxylic acids is 1. The van der Waals surface area contributed by atoms with E-state index in [1.165, 1.54) is 6.21 Å². The predicted octanol–water partition coefficient (Wildman–Crippen LogP) is 2.19. The van der Waals surface area contributed by atoms with Gasteiger partial charge < -0.3 is 5.32 Å². The molecule has 0 fully saturated rings. The van der Waals surface area contributed by atoms with E-state index in [4.69, 9.17) is 0 Å². The topological polar surface area (TPSA) is 53.5 Å². The Balaban J connectivity index is 2.36. The van der Waals surface area contributed by atoms with Crippen molar-refractivity contribution < 1.29 is 18.0 Å². The monoisotopic (exact) mass is 259 g/mol. The molecule has 2 amide bonds. The lowest BCUT2D eigenvalue weighted by molar-refractivity contribution is -0.122. The number of nitrogens with one attached hydrogen (secondary N) is 2. The second-order valence-corrected chi connectivity index (χ2v) is 3.58. The molecular weight excluding hydrogens is 247 g/mol. The number of urea groups is 1. The van der Waals surface area contributed by atoms with E-state index in [0.29, 0.717) is 0 Å². The van der Waals surface area contributed by atoms with Crippen LogP contribution in [0.5, 0.6) is 0 Å². The summed E-state index contributed by atoms with van der Waals surface area (Å²) >= 11 is 0. The molecule has 0 spiro atoms. The SMILES string of the molecule is Cc1ccc(/C=N/NC(=O)NCC(F)(F)F)cc1. The van der Waals surface area contributed by atoms with E-state index in [0.717, 1.165) is 11.1 Å². The van der Waals surface area contributed by atoms with Gasteiger partial charge in [-0.2, -0.15) is 18.3 Å². The van der Waals surface area contributed by atoms with Crippen molar-refractivity contribution in [2.75, 3.05) is 6.54 Å². The molecule has 7 heteroatoms. The summed E-state index contributed by atoms with van der Waals surface area (Å²) in [7, 11) is 0. The summed E-state index contributed by atoms with van der Waals surface area (Å²) in [5.74, 6) is 0. The number of amides is 2. The maximum atomic E-state index is 11.8. The summed E-state index contributed by atoms with van der Waals surface area (Å²) in [4.78, 5) is 10.9. The molecule has 1 rings (SSSR count). The van der Waals surface area contributed by atoms with Crippen LogP contribution in [0.25, 0.3) is 0 Å². The fourth-order valence-corrected chi connectivity index (χ4v) is 1.04. The van der Waals surface area contributed by atoms with Gasteiger partial charge in [0.1, 0.15) is 6.54 Å². The third kappa shape index (κ3) is 5.88. The van der Waals surface area contributed by atoms with Crippen LogP contribution < -0.4 is 10.7 Å². The summed E-state index contributed by atoms with van der Waals surface area (Å²) in [5, 5.41) is 5.15. The largest absolute Gasteiger partial charge is 0.405 e. The van der Waals surface area contributed by atoms with Crippen molar-refractivity contribution in [2.45, 2.75) is 13.1 Å². The number of aryl methyl sites for hydroxylation is 1. The van der Waals surface area contributed by atoms with Gasteiger partial charge in [-0.25, -0.2) is 10.2 Å². The van der Waals surface area contributed by atoms with Crippen molar-refractivity contribution in [3.05, 3.63) is 35.4 Å². The van der Waals surface area contributed by atoms with Crippen LogP contribution in [0, 0.1) is 6.92 Å². The number of nitrogens with zero attached hydrogens (tertiary/aromatic N) is 1. The predicted molar refractivity (Wildman–Crippen MR) is 61.4 cm³/mol. The highest BCUT2D eigenvalue weighted by Crippen LogP contribution is 2.11. The first-order chi connectivity index (χ1) is 8.37. The average molecular weight is 259 g/mol. The Morgan fingerprint density at radius 3 is 2.50 bits per heavy atom. The second kappa shape index (κ2) is 6.04. The van der Waals surface area contributed by atoms with Gasteiger partial charge in [0, 0.05) is 0 Å². The van der Waals surface area contributed by atoms with Crippen LogP contribution in [0.3, 0.4) is 0 Å². The van der Waals surface area contributed by atoms with Crippen LogP contribution >= 0.6 is 0 Å². The van der Waals surface area contributed by atoms with Crippen LogP contribution in [-0.4, -0.2) is 25.0 Å². The van der Waals surface area contributed by atoms with E-state index in [2.05, 4.69) is 5.10 Å². The quantitative estimate of drug-likeness (QED) is 0.634. The number of hydrazone groups is 1. The molecule has 0 atom stereocenters. The molecule has 1 aromatic carbocycles. The summed E-state index contributed by atoms with van der Waals surface area (Å²) in [6.45, 7) is 0.530. The van der Waals surface area contributed by atoms with Crippen LogP contribution in [0.4, 0.5) is 18.0 Å². The molecule has 0 radical (unpaired) electrons. The smallest absolute Gasteiger partial charge is 0.328 e. The lowest BCUT2D eigenvalue weighted by Gasteiger charge is -2.06. The highest BCUT2D eigenvalue weighted by molar-refractivity contribution is 5.81. The number of halogens is 3. The molecule has 2 N–H and O–H groups in total. The van der Waals surface area contributed by atoms with E-state index in [9.17, 15) is 18.0 Å². The molecule has 0 aliphatic rings. The van der Waals surface area contributed by atoms with E-state index in [1.54, 1.807) is 17.4 Å². The molecule has 0 bridgehead atoms. The van der Waals surface area contributed by atoms with Crippen LogP contribution in [-0.2, 0) is 0 Å². The van der Waals surface area contributed by atoms with Crippen LogP contribution in [0.1, 0.15) is 11.1 Å². The molecule has 18 heavy (non-hydrogen) atoms. The maximum Gasteiger partial charge on any atom is 0.405 e. The fourth-order valence-electron chi connectivity index (χ4n) is 1.04. The first kappa shape index (κ1) is 14.0. The minimum atomic E-state index is -4.43. The van der Waals surface area contributed by atoms with Gasteiger partial charge in [0.15, 0.2) is 0 Å². The minimum Gasteiger partial charge on any atom is -0.328 e. The zero-order valence-corrected chi connectivity index (χ0v) is 9.58. The molecule has 0 unspecified atom stereocenters. The number of benzene rings is 1. The fraction of sp³-hybridized carbons (Fsp3) is 0.273. The highest BCUT2D eigenvalue weighted by atomic mass is 19.4. The van der Waals surface area contributed by atoms with Crippen molar-refractivity contribution in [1.29, 1.82) is 0 Å². The Labute approximate surface area is 102 Å². The summed E-state index contributed by atoms with van der Waals surface area (Å²) in [6, 6.07) is 6.24. The zero-order valence-electron chi connectivity index (χ0n) is 9.58. The van der Waals surface area contributed by atoms with Crippen molar-refractivity contribution in [3.8, 4) is 0 Å². The molecule has 1 aromatic rings. The standard InChI is InChI=1S/C11H12F3N3O/c1-8-2-4-9(5-3-8)6-16-17-10(18)15-7-11(12,13)14/h2-6H,7H2,1H3,(H2,15,17,18)/b16-6+. The van der Waals surface area contributed by atoms with Gasteiger partial charge in [0.25, 0.3) is 0 Å². The molecular formula is C11H12F3N3O. The Hall–Kier alpha value is -2.05. The van der Waals surface area contributed by atoms with Crippen molar-refractivity contribution in [1.82, 2.24) is 10.7 Å². The maximum absolute atomic E-state index is 11.8. The number of rotatable bonds is 3. The number of hydrogen-bond donors (Lipinski definition) is 2. The van der Waals surface area contributed by atoms with Gasteiger partial charge in [-0.3, -0.25) is 0 Å². The molecule has 4 nitrogen and oxygen atoms in total. The lowest BCUT2D eigenvalue weighted by Crippen LogP contribution is -2.38. The normalized spacial score (nSPS) is 11.6. The van der Waals surface area contributed by atoms with Gasteiger partial charge in [-0.15, -0.1) is 0 Å². The van der Waals surface area contributed by atoms with Gasteiger partial charge in [-0.1, -0.05) is 29.8 Å². The van der Waals surface area contributed by atoms with Gasteiger partial charge in [0.05, 0.1) is 6.21 Å². The Kier molecular flexibility index (Phi) is 4.70. The average Bonchev–Trinajstić information content (AvgIpc) is 2.28. The molecule has 0 aliphatic heterocycles. The molecule has 98 valence electrons. The summed E-state index contributed by atoms with van der Waals surface area (Å²) < 4.78 is 35.3. The number of carbonyl (C=O) groups is 1. The number of alkyl halides is 3. The summed E-state index contributed by atoms with van der Waals surface area (Å²) in [6.07, 6.45) is -3.09. The molecule has 0 saturated heterocycles. The van der Waals surface area contributed by atoms with Crippen molar-refractivity contribution in [3.63, 3.8) is 0 Å². The van der Waals surface area contributed by atoms with E-state index < -0.39 is 18.8 Å². The first-order valence-corrected chi connectivity index (χ1v) is 5.07. The molecule has 0 heterocycles. The van der Waals surface area contributed by atoms with Crippen molar-refractivity contribution in [2.24, 2.45) is 5.10 Å². The second-order valence-electron chi connectivity index (χ2n) is 3.58. The third-order valence-electron chi connectivity index (χ3n) is 1.91. The van der Waals surface area contributed by atoms with Crippen molar-refractivity contribution >= 4 is 12.2 Å². The van der Waals surface area contributed by atoms with Gasteiger partial charge in [0.2, 0.25) is 0 Å². The highest BCUT2D eigenvalue weighted by Gasteiger charge is 2.27. The van der Waals surface area contributed by atoms with E-state index in [-0.39, 0.29) is 0 Å². The minimum absolute atomic E-state index is 0.733. The summed E-state index contributed by atoms with van der Waals surface area (Å²) in [5.41, 5.74) is 3.74. The number of hydrogen-bond acceptors (Lipinski definition) is 2. The Morgan fingerprint density at radius 1 is 1.33 bits per heavy atom. The Morgan fingerprint density at radius 2 is 1.94 bits per heavy atom. The van der Waals surface area contributed by atoms with Gasteiger partial charge in [-0.05, 0) is 12.5 Å². The van der Waals surface area contributed by atoms with E-state index in [1.807, 2.05) is 24.5 Å². The Bertz CT molecular complexity index is 426. The van der Waals surface area contributed by atoms with Crippen LogP contribution in [0.2, 0.25) is 0 Å². The third-order valence-corrected chi connectivity index (χ3v) is 1.91. The lowest BCUT2D eigenvalue weighted by atomic mass is 10.2. The molecule has 0 aliphatic carbocycles. The zero-order chi connectivity index (χ0) is 13.6. The van der Waals surface area contributed by atoms with Crippen LogP contribution in [0.15, 0.2) is 29.4 Å². The molecule has 0 aromatic heterocycles. The van der Waals surface area contributed by atoms with Gasteiger partial charge >= 0.3 is 12.2 Å². The molecule has 0 saturated carbocycles.